The van der Waals surface area contributed by atoms with Crippen LogP contribution in [0.5, 0.6) is 0 Å². The Bertz CT molecular complexity index is 728. The van der Waals surface area contributed by atoms with Gasteiger partial charge in [0.2, 0.25) is 0 Å². The fourth-order valence-electron chi connectivity index (χ4n) is 2.08. The minimum atomic E-state index is -0.140. The molecule has 0 saturated carbocycles. The molecule has 2 heterocycles. The molecule has 3 rings (SSSR count). The van der Waals surface area contributed by atoms with Gasteiger partial charge in [0, 0.05) is 30.8 Å². The van der Waals surface area contributed by atoms with E-state index in [2.05, 4.69) is 20.5 Å². The van der Waals surface area contributed by atoms with Crippen molar-refractivity contribution in [3.63, 3.8) is 0 Å². The molecule has 106 valence electrons. The van der Waals surface area contributed by atoms with Crippen LogP contribution in [0.4, 0.5) is 0 Å². The molecule has 0 radical (unpaired) electrons. The molecule has 6 heteroatoms. The van der Waals surface area contributed by atoms with E-state index in [-0.39, 0.29) is 5.91 Å². The van der Waals surface area contributed by atoms with Gasteiger partial charge in [-0.1, -0.05) is 12.1 Å². The molecule has 2 N–H and O–H groups in total. The lowest BCUT2D eigenvalue weighted by molar-refractivity contribution is 0.0951. The zero-order chi connectivity index (χ0) is 14.7. The third kappa shape index (κ3) is 2.84. The van der Waals surface area contributed by atoms with E-state index < -0.39 is 0 Å². The van der Waals surface area contributed by atoms with Gasteiger partial charge < -0.3 is 9.88 Å². The second-order valence-corrected chi connectivity index (χ2v) is 4.68. The fraction of sp³-hybridized carbons (Fsp3) is 0.133. The van der Waals surface area contributed by atoms with Gasteiger partial charge in [0.25, 0.3) is 5.91 Å². The summed E-state index contributed by atoms with van der Waals surface area (Å²) in [5.41, 5.74) is 2.61. The highest BCUT2D eigenvalue weighted by atomic mass is 16.1. The maximum absolute atomic E-state index is 11.8. The lowest BCUT2D eigenvalue weighted by atomic mass is 10.2. The van der Waals surface area contributed by atoms with Gasteiger partial charge in [-0.2, -0.15) is 5.10 Å². The first kappa shape index (κ1) is 13.1. The second kappa shape index (κ2) is 5.62. The molecule has 6 nitrogen and oxygen atoms in total. The summed E-state index contributed by atoms with van der Waals surface area (Å²) in [6.45, 7) is 2.44. The Labute approximate surface area is 121 Å². The molecule has 0 atom stereocenters. The quantitative estimate of drug-likeness (QED) is 0.766. The average molecular weight is 281 g/mol. The first-order chi connectivity index (χ1) is 10.2. The number of aryl methyl sites for hydroxylation is 1. The molecule has 0 aliphatic heterocycles. The zero-order valence-corrected chi connectivity index (χ0v) is 11.6. The number of carbonyl (C=O) groups excluding carboxylic acids is 1. The predicted molar refractivity (Wildman–Crippen MR) is 78.1 cm³/mol. The first-order valence-electron chi connectivity index (χ1n) is 6.60. The highest BCUT2D eigenvalue weighted by molar-refractivity contribution is 5.93. The minimum Gasteiger partial charge on any atom is -0.348 e. The van der Waals surface area contributed by atoms with Gasteiger partial charge in [-0.05, 0) is 24.6 Å². The van der Waals surface area contributed by atoms with Crippen molar-refractivity contribution in [2.24, 2.45) is 0 Å². The number of rotatable bonds is 4. The van der Waals surface area contributed by atoms with Crippen LogP contribution in [-0.4, -0.2) is 25.7 Å². The number of amides is 1. The topological polar surface area (TPSA) is 75.6 Å². The predicted octanol–water partition coefficient (Wildman–Crippen LogP) is 1.83. The minimum absolute atomic E-state index is 0.140. The van der Waals surface area contributed by atoms with Crippen molar-refractivity contribution < 1.29 is 4.79 Å². The van der Waals surface area contributed by atoms with Gasteiger partial charge in [0.05, 0.1) is 11.8 Å². The van der Waals surface area contributed by atoms with E-state index in [1.165, 1.54) is 6.20 Å². The molecule has 1 amide bonds. The lowest BCUT2D eigenvalue weighted by Gasteiger charge is -2.07. The van der Waals surface area contributed by atoms with Crippen LogP contribution in [0.2, 0.25) is 0 Å². The summed E-state index contributed by atoms with van der Waals surface area (Å²) >= 11 is 0. The van der Waals surface area contributed by atoms with Crippen LogP contribution in [0, 0.1) is 6.92 Å². The molecule has 1 aromatic carbocycles. The summed E-state index contributed by atoms with van der Waals surface area (Å²) in [5, 5.41) is 9.22. The number of aromatic amines is 1. The molecule has 0 saturated heterocycles. The van der Waals surface area contributed by atoms with Gasteiger partial charge in [-0.3, -0.25) is 9.89 Å². The Hall–Kier alpha value is -2.89. The molecule has 3 aromatic rings. The zero-order valence-electron chi connectivity index (χ0n) is 11.6. The molecule has 0 unspecified atom stereocenters. The monoisotopic (exact) mass is 281 g/mol. The van der Waals surface area contributed by atoms with Crippen molar-refractivity contribution in [1.82, 2.24) is 25.1 Å². The Morgan fingerprint density at radius 2 is 2.14 bits per heavy atom. The number of nitrogens with zero attached hydrogens (tertiary/aromatic N) is 3. The van der Waals surface area contributed by atoms with Crippen molar-refractivity contribution >= 4 is 5.91 Å². The number of H-pyrrole nitrogens is 1. The SMILES string of the molecule is Cc1nccn1-c1ccc(CNC(=O)c2cn[nH]c2)cc1. The summed E-state index contributed by atoms with van der Waals surface area (Å²) in [5.74, 6) is 0.800. The summed E-state index contributed by atoms with van der Waals surface area (Å²) in [4.78, 5) is 16.0. The third-order valence-corrected chi connectivity index (χ3v) is 3.25. The molecule has 2 aromatic heterocycles. The molecule has 0 aliphatic carbocycles. The molecular formula is C15H15N5O. The van der Waals surface area contributed by atoms with Gasteiger partial charge in [-0.15, -0.1) is 0 Å². The number of imidazole rings is 1. The van der Waals surface area contributed by atoms with Crippen LogP contribution in [0.15, 0.2) is 49.1 Å². The highest BCUT2D eigenvalue weighted by Crippen LogP contribution is 2.11. The Morgan fingerprint density at radius 3 is 2.76 bits per heavy atom. The van der Waals surface area contributed by atoms with E-state index in [1.807, 2.05) is 42.0 Å². The standard InChI is InChI=1S/C15H15N5O/c1-11-16-6-7-20(11)14-4-2-12(3-5-14)8-17-15(21)13-9-18-19-10-13/h2-7,9-10H,8H2,1H3,(H,17,21)(H,18,19). The number of aromatic nitrogens is 4. The lowest BCUT2D eigenvalue weighted by Crippen LogP contribution is -2.22. The van der Waals surface area contributed by atoms with Gasteiger partial charge >= 0.3 is 0 Å². The van der Waals surface area contributed by atoms with Crippen molar-refractivity contribution in [3.8, 4) is 5.69 Å². The Morgan fingerprint density at radius 1 is 1.33 bits per heavy atom. The van der Waals surface area contributed by atoms with Crippen molar-refractivity contribution in [3.05, 3.63) is 66.0 Å². The summed E-state index contributed by atoms with van der Waals surface area (Å²) < 4.78 is 2.01. The molecule has 21 heavy (non-hydrogen) atoms. The normalized spacial score (nSPS) is 10.5. The maximum Gasteiger partial charge on any atom is 0.254 e. The maximum atomic E-state index is 11.8. The molecule has 0 aliphatic rings. The number of nitrogens with one attached hydrogen (secondary N) is 2. The molecular weight excluding hydrogens is 266 g/mol. The third-order valence-electron chi connectivity index (χ3n) is 3.25. The van der Waals surface area contributed by atoms with Gasteiger partial charge in [-0.25, -0.2) is 4.98 Å². The van der Waals surface area contributed by atoms with E-state index in [9.17, 15) is 4.79 Å². The number of benzene rings is 1. The Balaban J connectivity index is 1.65. The number of carbonyl (C=O) groups is 1. The number of hydrogen-bond donors (Lipinski definition) is 2. The van der Waals surface area contributed by atoms with Gasteiger partial charge in [0.15, 0.2) is 0 Å². The molecule has 0 spiro atoms. The van der Waals surface area contributed by atoms with E-state index in [4.69, 9.17) is 0 Å². The highest BCUT2D eigenvalue weighted by Gasteiger charge is 2.06. The fourth-order valence-corrected chi connectivity index (χ4v) is 2.08. The molecule has 0 fully saturated rings. The van der Waals surface area contributed by atoms with Gasteiger partial charge in [0.1, 0.15) is 5.82 Å². The average Bonchev–Trinajstić information content (AvgIpc) is 3.17. The van der Waals surface area contributed by atoms with Crippen LogP contribution in [-0.2, 0) is 6.54 Å². The van der Waals surface area contributed by atoms with E-state index >= 15 is 0 Å². The smallest absolute Gasteiger partial charge is 0.254 e. The molecule has 0 bridgehead atoms. The Kier molecular flexibility index (Phi) is 3.51. The summed E-state index contributed by atoms with van der Waals surface area (Å²) in [7, 11) is 0. The van der Waals surface area contributed by atoms with E-state index in [1.54, 1.807) is 12.4 Å². The van der Waals surface area contributed by atoms with Crippen LogP contribution < -0.4 is 5.32 Å². The summed E-state index contributed by atoms with van der Waals surface area (Å²) in [6.07, 6.45) is 6.76. The van der Waals surface area contributed by atoms with Crippen molar-refractivity contribution in [2.75, 3.05) is 0 Å². The second-order valence-electron chi connectivity index (χ2n) is 4.68. The van der Waals surface area contributed by atoms with E-state index in [0.29, 0.717) is 12.1 Å². The van der Waals surface area contributed by atoms with Crippen LogP contribution in [0.3, 0.4) is 0 Å². The van der Waals surface area contributed by atoms with Crippen LogP contribution in [0.25, 0.3) is 5.69 Å². The van der Waals surface area contributed by atoms with Crippen LogP contribution in [0.1, 0.15) is 21.7 Å². The van der Waals surface area contributed by atoms with Crippen molar-refractivity contribution in [2.45, 2.75) is 13.5 Å². The number of hydrogen-bond acceptors (Lipinski definition) is 3. The van der Waals surface area contributed by atoms with E-state index in [0.717, 1.165) is 17.1 Å². The summed E-state index contributed by atoms with van der Waals surface area (Å²) in [6, 6.07) is 8.00. The van der Waals surface area contributed by atoms with Crippen LogP contribution >= 0.6 is 0 Å². The first-order valence-corrected chi connectivity index (χ1v) is 6.60. The van der Waals surface area contributed by atoms with Crippen molar-refractivity contribution in [1.29, 1.82) is 0 Å². The largest absolute Gasteiger partial charge is 0.348 e.